The number of carbonyl (C=O) groups excluding carboxylic acids is 2. The maximum atomic E-state index is 12.1. The first kappa shape index (κ1) is 15.4. The van der Waals surface area contributed by atoms with Crippen molar-refractivity contribution in [1.29, 1.82) is 5.26 Å². The van der Waals surface area contributed by atoms with Crippen LogP contribution in [0.4, 0.5) is 5.69 Å². The number of carbonyl (C=O) groups is 2. The van der Waals surface area contributed by atoms with Crippen molar-refractivity contribution in [3.05, 3.63) is 23.8 Å². The second-order valence-corrected chi connectivity index (χ2v) is 6.06. The minimum Gasteiger partial charge on any atom is -0.373 e. The maximum Gasteiger partial charge on any atom is 0.251 e. The summed E-state index contributed by atoms with van der Waals surface area (Å²) in [6.07, 6.45) is 0.795. The number of nitriles is 1. The van der Waals surface area contributed by atoms with Gasteiger partial charge in [-0.05, 0) is 24.3 Å². The van der Waals surface area contributed by atoms with Crippen molar-refractivity contribution in [2.75, 3.05) is 18.1 Å². The van der Waals surface area contributed by atoms with Gasteiger partial charge in [-0.2, -0.15) is 5.26 Å². The second kappa shape index (κ2) is 6.64. The highest BCUT2D eigenvalue weighted by molar-refractivity contribution is 7.99. The van der Waals surface area contributed by atoms with Gasteiger partial charge in [0.25, 0.3) is 5.91 Å². The minimum atomic E-state index is -0.457. The number of likely N-dealkylation sites (N-methyl/N-ethyl adjacent to an activating group) is 1. The zero-order valence-electron chi connectivity index (χ0n) is 12.0. The number of piperidine rings is 1. The Morgan fingerprint density at radius 1 is 1.48 bits per heavy atom. The monoisotopic (exact) mass is 303 g/mol. The Balaban J connectivity index is 2.24. The largest absolute Gasteiger partial charge is 0.373 e. The first-order chi connectivity index (χ1) is 10.1. The highest BCUT2D eigenvalue weighted by atomic mass is 32.2. The van der Waals surface area contributed by atoms with Crippen molar-refractivity contribution in [3.63, 3.8) is 0 Å². The Morgan fingerprint density at radius 3 is 2.90 bits per heavy atom. The minimum absolute atomic E-state index is 0.158. The fraction of sp³-hybridized carbons (Fsp3) is 0.400. The van der Waals surface area contributed by atoms with Gasteiger partial charge in [-0.3, -0.25) is 14.5 Å². The summed E-state index contributed by atoms with van der Waals surface area (Å²) in [5.74, 6) is 0.468. The molecule has 0 spiro atoms. The predicted molar refractivity (Wildman–Crippen MR) is 82.0 cm³/mol. The summed E-state index contributed by atoms with van der Waals surface area (Å²) in [5.41, 5.74) is 1.20. The lowest BCUT2D eigenvalue weighted by molar-refractivity contribution is -0.146. The number of amides is 2. The van der Waals surface area contributed by atoms with Gasteiger partial charge in [0, 0.05) is 18.4 Å². The topological polar surface area (TPSA) is 73.2 Å². The van der Waals surface area contributed by atoms with Crippen LogP contribution in [0.3, 0.4) is 0 Å². The van der Waals surface area contributed by atoms with Gasteiger partial charge in [0.2, 0.25) is 5.91 Å². The summed E-state index contributed by atoms with van der Waals surface area (Å²) < 4.78 is 0. The van der Waals surface area contributed by atoms with Crippen LogP contribution in [0.2, 0.25) is 0 Å². The summed E-state index contributed by atoms with van der Waals surface area (Å²) >= 11 is 1.59. The number of hydrogen-bond donors (Lipinski definition) is 1. The van der Waals surface area contributed by atoms with Gasteiger partial charge < -0.3 is 5.32 Å². The fourth-order valence-corrected chi connectivity index (χ4v) is 3.07. The molecule has 6 heteroatoms. The number of anilines is 1. The first-order valence-electron chi connectivity index (χ1n) is 6.81. The molecule has 1 aromatic rings. The standard InChI is InChI=1S/C15H17N3O2S/c1-3-21-13-6-4-5-11(10(13)9-16)17-12-7-8-14(19)18(2)15(12)20/h4-6,12,17H,3,7-8H2,1-2H3. The van der Waals surface area contributed by atoms with Crippen LogP contribution in [0.25, 0.3) is 0 Å². The molecule has 0 radical (unpaired) electrons. The number of benzene rings is 1. The summed E-state index contributed by atoms with van der Waals surface area (Å²) in [4.78, 5) is 25.6. The molecule has 2 rings (SSSR count). The lowest BCUT2D eigenvalue weighted by atomic mass is 10.0. The van der Waals surface area contributed by atoms with Crippen LogP contribution in [0.1, 0.15) is 25.3 Å². The van der Waals surface area contributed by atoms with Crippen molar-refractivity contribution in [3.8, 4) is 6.07 Å². The van der Waals surface area contributed by atoms with Crippen molar-refractivity contribution >= 4 is 29.3 Å². The van der Waals surface area contributed by atoms with Crippen LogP contribution in [-0.4, -0.2) is 35.6 Å². The zero-order chi connectivity index (χ0) is 15.4. The van der Waals surface area contributed by atoms with Crippen LogP contribution >= 0.6 is 11.8 Å². The van der Waals surface area contributed by atoms with E-state index in [0.717, 1.165) is 15.5 Å². The van der Waals surface area contributed by atoms with Crippen molar-refractivity contribution in [1.82, 2.24) is 4.90 Å². The molecular formula is C15H17N3O2S. The molecule has 21 heavy (non-hydrogen) atoms. The Kier molecular flexibility index (Phi) is 4.86. The molecule has 1 saturated heterocycles. The number of imide groups is 1. The maximum absolute atomic E-state index is 12.1. The van der Waals surface area contributed by atoms with Gasteiger partial charge in [-0.15, -0.1) is 11.8 Å². The molecule has 5 nitrogen and oxygen atoms in total. The van der Waals surface area contributed by atoms with E-state index in [1.165, 1.54) is 7.05 Å². The molecule has 0 bridgehead atoms. The molecule has 110 valence electrons. The zero-order valence-corrected chi connectivity index (χ0v) is 12.9. The second-order valence-electron chi connectivity index (χ2n) is 4.75. The Morgan fingerprint density at radius 2 is 2.24 bits per heavy atom. The number of nitrogens with zero attached hydrogens (tertiary/aromatic N) is 2. The van der Waals surface area contributed by atoms with E-state index >= 15 is 0 Å². The molecule has 0 saturated carbocycles. The molecule has 1 aromatic carbocycles. The van der Waals surface area contributed by atoms with Gasteiger partial charge in [-0.1, -0.05) is 13.0 Å². The van der Waals surface area contributed by atoms with Crippen molar-refractivity contribution in [2.45, 2.75) is 30.7 Å². The lowest BCUT2D eigenvalue weighted by Gasteiger charge is -2.29. The average Bonchev–Trinajstić information content (AvgIpc) is 2.48. The van der Waals surface area contributed by atoms with E-state index in [1.807, 2.05) is 19.1 Å². The van der Waals surface area contributed by atoms with Crippen molar-refractivity contribution < 1.29 is 9.59 Å². The highest BCUT2D eigenvalue weighted by Crippen LogP contribution is 2.29. The molecule has 1 fully saturated rings. The number of likely N-dealkylation sites (tertiary alicyclic amines) is 1. The van der Waals surface area contributed by atoms with Gasteiger partial charge >= 0.3 is 0 Å². The smallest absolute Gasteiger partial charge is 0.251 e. The van der Waals surface area contributed by atoms with E-state index in [4.69, 9.17) is 0 Å². The lowest BCUT2D eigenvalue weighted by Crippen LogP contribution is -2.48. The van der Waals surface area contributed by atoms with Crippen LogP contribution in [0, 0.1) is 11.3 Å². The van der Waals surface area contributed by atoms with Gasteiger partial charge in [-0.25, -0.2) is 0 Å². The Hall–Kier alpha value is -2.00. The van der Waals surface area contributed by atoms with Gasteiger partial charge in [0.05, 0.1) is 11.3 Å². The van der Waals surface area contributed by atoms with Crippen LogP contribution in [-0.2, 0) is 9.59 Å². The SMILES string of the molecule is CCSc1cccc(NC2CCC(=O)N(C)C2=O)c1C#N. The van der Waals surface area contributed by atoms with Gasteiger partial charge in [0.15, 0.2) is 0 Å². The van der Waals surface area contributed by atoms with Crippen LogP contribution in [0.5, 0.6) is 0 Å². The van der Waals surface area contributed by atoms with E-state index in [2.05, 4.69) is 11.4 Å². The normalized spacial score (nSPS) is 18.5. The third-order valence-corrected chi connectivity index (χ3v) is 4.36. The molecule has 1 N–H and O–H groups in total. The summed E-state index contributed by atoms with van der Waals surface area (Å²) in [6, 6.07) is 7.30. The molecule has 1 aliphatic heterocycles. The molecule has 1 aliphatic rings. The highest BCUT2D eigenvalue weighted by Gasteiger charge is 2.32. The predicted octanol–water partition coefficient (Wildman–Crippen LogP) is 2.23. The quantitative estimate of drug-likeness (QED) is 0.682. The molecule has 1 heterocycles. The molecule has 0 aromatic heterocycles. The summed E-state index contributed by atoms with van der Waals surface area (Å²) in [7, 11) is 1.49. The Bertz CT molecular complexity index is 609. The van der Waals surface area contributed by atoms with Gasteiger partial charge in [0.1, 0.15) is 12.1 Å². The van der Waals surface area contributed by atoms with E-state index in [0.29, 0.717) is 24.1 Å². The van der Waals surface area contributed by atoms with Crippen LogP contribution in [0.15, 0.2) is 23.1 Å². The molecule has 2 amide bonds. The number of nitrogens with one attached hydrogen (secondary N) is 1. The van der Waals surface area contributed by atoms with Crippen molar-refractivity contribution in [2.24, 2.45) is 0 Å². The number of thioether (sulfide) groups is 1. The summed E-state index contributed by atoms with van der Waals surface area (Å²) in [5, 5.41) is 12.5. The Labute approximate surface area is 128 Å². The fourth-order valence-electron chi connectivity index (χ4n) is 2.28. The number of hydrogen-bond acceptors (Lipinski definition) is 5. The molecule has 1 unspecified atom stereocenters. The van der Waals surface area contributed by atoms with E-state index in [1.54, 1.807) is 17.8 Å². The van der Waals surface area contributed by atoms with E-state index in [-0.39, 0.29) is 11.8 Å². The third-order valence-electron chi connectivity index (χ3n) is 3.42. The van der Waals surface area contributed by atoms with E-state index in [9.17, 15) is 14.9 Å². The first-order valence-corrected chi connectivity index (χ1v) is 7.79. The number of rotatable bonds is 4. The van der Waals surface area contributed by atoms with E-state index < -0.39 is 6.04 Å². The molecular weight excluding hydrogens is 286 g/mol. The molecule has 1 atom stereocenters. The molecule has 0 aliphatic carbocycles. The average molecular weight is 303 g/mol. The van der Waals surface area contributed by atoms with Crippen LogP contribution < -0.4 is 5.32 Å². The third kappa shape index (κ3) is 3.19. The summed E-state index contributed by atoms with van der Waals surface area (Å²) in [6.45, 7) is 2.02.